The summed E-state index contributed by atoms with van der Waals surface area (Å²) in [7, 11) is 0. The Morgan fingerprint density at radius 3 is 2.60 bits per heavy atom. The smallest absolute Gasteiger partial charge is 0.267 e. The molecule has 1 fully saturated rings. The van der Waals surface area contributed by atoms with E-state index >= 15 is 0 Å². The summed E-state index contributed by atoms with van der Waals surface area (Å²) in [6, 6.07) is 8.77. The standard InChI is InChI=1S/C19H26N2O4/c1-4-5-11-20-18(23)16(12-15-13-24-19(2,3)25-15)21-17(22)14-9-7-6-8-10-14/h6-10,12,15H,4-5,11,13H2,1-3H3,(H,20,23)(H,21,22)/b16-12-/t15-/m0/s1. The van der Waals surface area contributed by atoms with Gasteiger partial charge in [0.1, 0.15) is 11.8 Å². The molecular weight excluding hydrogens is 320 g/mol. The van der Waals surface area contributed by atoms with Crippen molar-refractivity contribution in [3.05, 3.63) is 47.7 Å². The molecule has 1 aromatic carbocycles. The first-order valence-corrected chi connectivity index (χ1v) is 8.59. The first-order chi connectivity index (χ1) is 11.9. The monoisotopic (exact) mass is 346 g/mol. The van der Waals surface area contributed by atoms with Gasteiger partial charge in [-0.05, 0) is 38.5 Å². The molecule has 1 atom stereocenters. The van der Waals surface area contributed by atoms with Crippen molar-refractivity contribution in [2.75, 3.05) is 13.2 Å². The molecule has 1 aliphatic heterocycles. The molecule has 136 valence electrons. The van der Waals surface area contributed by atoms with Crippen LogP contribution in [-0.2, 0) is 14.3 Å². The Hall–Kier alpha value is -2.18. The fourth-order valence-electron chi connectivity index (χ4n) is 2.42. The van der Waals surface area contributed by atoms with Gasteiger partial charge in [-0.2, -0.15) is 0 Å². The van der Waals surface area contributed by atoms with Gasteiger partial charge in [0.05, 0.1) is 6.61 Å². The predicted octanol–water partition coefficient (Wildman–Crippen LogP) is 2.37. The van der Waals surface area contributed by atoms with E-state index in [0.717, 1.165) is 12.8 Å². The zero-order valence-corrected chi connectivity index (χ0v) is 15.0. The van der Waals surface area contributed by atoms with Crippen molar-refractivity contribution in [3.8, 4) is 0 Å². The number of hydrogen-bond donors (Lipinski definition) is 2. The molecule has 1 saturated heterocycles. The lowest BCUT2D eigenvalue weighted by molar-refractivity contribution is -0.133. The van der Waals surface area contributed by atoms with Crippen LogP contribution in [0.4, 0.5) is 0 Å². The molecule has 6 heteroatoms. The second-order valence-electron chi connectivity index (χ2n) is 6.38. The number of benzene rings is 1. The Morgan fingerprint density at radius 1 is 1.28 bits per heavy atom. The van der Waals surface area contributed by atoms with Gasteiger partial charge in [-0.25, -0.2) is 0 Å². The van der Waals surface area contributed by atoms with Gasteiger partial charge in [-0.3, -0.25) is 9.59 Å². The van der Waals surface area contributed by atoms with Crippen LogP contribution >= 0.6 is 0 Å². The molecule has 1 heterocycles. The fourth-order valence-corrected chi connectivity index (χ4v) is 2.42. The normalized spacial score (nSPS) is 19.5. The maximum absolute atomic E-state index is 12.4. The summed E-state index contributed by atoms with van der Waals surface area (Å²) >= 11 is 0. The van der Waals surface area contributed by atoms with E-state index < -0.39 is 11.9 Å². The van der Waals surface area contributed by atoms with Crippen LogP contribution in [0.2, 0.25) is 0 Å². The number of rotatable bonds is 7. The number of hydrogen-bond acceptors (Lipinski definition) is 4. The average Bonchev–Trinajstić information content (AvgIpc) is 2.93. The number of ether oxygens (including phenoxy) is 2. The predicted molar refractivity (Wildman–Crippen MR) is 94.8 cm³/mol. The van der Waals surface area contributed by atoms with Crippen LogP contribution < -0.4 is 10.6 Å². The minimum atomic E-state index is -0.700. The maximum Gasteiger partial charge on any atom is 0.267 e. The summed E-state index contributed by atoms with van der Waals surface area (Å²) in [6.45, 7) is 6.56. The molecular formula is C19H26N2O4. The first kappa shape index (κ1) is 19.1. The maximum atomic E-state index is 12.4. The molecule has 0 spiro atoms. The molecule has 1 aromatic rings. The zero-order valence-electron chi connectivity index (χ0n) is 15.0. The lowest BCUT2D eigenvalue weighted by atomic mass is 10.2. The minimum absolute atomic E-state index is 0.177. The van der Waals surface area contributed by atoms with Crippen molar-refractivity contribution >= 4 is 11.8 Å². The first-order valence-electron chi connectivity index (χ1n) is 8.59. The Labute approximate surface area is 148 Å². The Bertz CT molecular complexity index is 626. The summed E-state index contributed by atoms with van der Waals surface area (Å²) in [6.07, 6.45) is 3.07. The zero-order chi connectivity index (χ0) is 18.3. The van der Waals surface area contributed by atoms with Crippen LogP contribution in [0, 0.1) is 0 Å². The van der Waals surface area contributed by atoms with Gasteiger partial charge >= 0.3 is 0 Å². The van der Waals surface area contributed by atoms with Crippen molar-refractivity contribution in [1.29, 1.82) is 0 Å². The van der Waals surface area contributed by atoms with E-state index in [-0.39, 0.29) is 17.5 Å². The van der Waals surface area contributed by atoms with Crippen LogP contribution in [0.5, 0.6) is 0 Å². The van der Waals surface area contributed by atoms with Gasteiger partial charge in [0.2, 0.25) is 0 Å². The molecule has 0 radical (unpaired) electrons. The van der Waals surface area contributed by atoms with E-state index in [1.54, 1.807) is 30.3 Å². The Kier molecular flexibility index (Phi) is 6.73. The SMILES string of the molecule is CCCCNC(=O)/C(=C/[C@H]1COC(C)(C)O1)NC(=O)c1ccccc1. The third-order valence-corrected chi connectivity index (χ3v) is 3.73. The largest absolute Gasteiger partial charge is 0.351 e. The van der Waals surface area contributed by atoms with Gasteiger partial charge in [-0.15, -0.1) is 0 Å². The van der Waals surface area contributed by atoms with E-state index in [1.807, 2.05) is 26.8 Å². The highest BCUT2D eigenvalue weighted by Gasteiger charge is 2.32. The molecule has 0 aliphatic carbocycles. The molecule has 0 bridgehead atoms. The van der Waals surface area contributed by atoms with Crippen LogP contribution in [0.3, 0.4) is 0 Å². The summed E-state index contributed by atoms with van der Waals surface area (Å²) in [4.78, 5) is 24.8. The van der Waals surface area contributed by atoms with Gasteiger partial charge in [0, 0.05) is 12.1 Å². The number of nitrogens with one attached hydrogen (secondary N) is 2. The Morgan fingerprint density at radius 2 is 2.00 bits per heavy atom. The second-order valence-corrected chi connectivity index (χ2v) is 6.38. The molecule has 2 rings (SSSR count). The molecule has 2 amide bonds. The van der Waals surface area contributed by atoms with Gasteiger partial charge in [0.15, 0.2) is 5.79 Å². The van der Waals surface area contributed by atoms with Crippen LogP contribution in [-0.4, -0.2) is 36.9 Å². The average molecular weight is 346 g/mol. The third kappa shape index (κ3) is 5.99. The van der Waals surface area contributed by atoms with E-state index in [1.165, 1.54) is 0 Å². The summed E-state index contributed by atoms with van der Waals surface area (Å²) < 4.78 is 11.2. The summed E-state index contributed by atoms with van der Waals surface area (Å²) in [5, 5.41) is 5.51. The number of unbranched alkanes of at least 4 members (excludes halogenated alkanes) is 1. The number of amides is 2. The van der Waals surface area contributed by atoms with Crippen molar-refractivity contribution < 1.29 is 19.1 Å². The number of carbonyl (C=O) groups excluding carboxylic acids is 2. The highest BCUT2D eigenvalue weighted by molar-refractivity contribution is 6.02. The third-order valence-electron chi connectivity index (χ3n) is 3.73. The van der Waals surface area contributed by atoms with E-state index in [2.05, 4.69) is 10.6 Å². The van der Waals surface area contributed by atoms with Gasteiger partial charge in [0.25, 0.3) is 11.8 Å². The van der Waals surface area contributed by atoms with Gasteiger partial charge in [-0.1, -0.05) is 31.5 Å². The van der Waals surface area contributed by atoms with Crippen molar-refractivity contribution in [3.63, 3.8) is 0 Å². The van der Waals surface area contributed by atoms with Crippen molar-refractivity contribution in [2.45, 2.75) is 45.5 Å². The van der Waals surface area contributed by atoms with Crippen molar-refractivity contribution in [2.24, 2.45) is 0 Å². The van der Waals surface area contributed by atoms with E-state index in [9.17, 15) is 9.59 Å². The lowest BCUT2D eigenvalue weighted by Gasteiger charge is -2.16. The molecule has 0 unspecified atom stereocenters. The molecule has 6 nitrogen and oxygen atoms in total. The molecule has 0 aromatic heterocycles. The Balaban J connectivity index is 2.11. The molecule has 25 heavy (non-hydrogen) atoms. The summed E-state index contributed by atoms with van der Waals surface area (Å²) in [5.41, 5.74) is 0.662. The fraction of sp³-hybridized carbons (Fsp3) is 0.474. The van der Waals surface area contributed by atoms with Crippen molar-refractivity contribution in [1.82, 2.24) is 10.6 Å². The van der Waals surface area contributed by atoms with Crippen LogP contribution in [0.15, 0.2) is 42.1 Å². The quantitative estimate of drug-likeness (QED) is 0.587. The summed E-state index contributed by atoms with van der Waals surface area (Å²) in [5.74, 6) is -1.37. The lowest BCUT2D eigenvalue weighted by Crippen LogP contribution is -2.36. The highest BCUT2D eigenvalue weighted by Crippen LogP contribution is 2.23. The topological polar surface area (TPSA) is 76.7 Å². The second kappa shape index (κ2) is 8.78. The minimum Gasteiger partial charge on any atom is -0.351 e. The molecule has 2 N–H and O–H groups in total. The number of carbonyl (C=O) groups is 2. The van der Waals surface area contributed by atoms with Crippen LogP contribution in [0.1, 0.15) is 44.0 Å². The van der Waals surface area contributed by atoms with E-state index in [0.29, 0.717) is 18.7 Å². The van der Waals surface area contributed by atoms with E-state index in [4.69, 9.17) is 9.47 Å². The molecule has 1 aliphatic rings. The van der Waals surface area contributed by atoms with Gasteiger partial charge < -0.3 is 20.1 Å². The van der Waals surface area contributed by atoms with Crippen LogP contribution in [0.25, 0.3) is 0 Å². The highest BCUT2D eigenvalue weighted by atomic mass is 16.7. The molecule has 0 saturated carbocycles.